The SMILES string of the molecule is O=C(O)/C=C/CC[C@H](Oc1ccccc1)[C@@H](OC(=O)NC(=O)c1ccccc1)c1ccc(O)c2ccccc12. The van der Waals surface area contributed by atoms with Crippen molar-refractivity contribution in [1.29, 1.82) is 0 Å². The number of para-hydroxylation sites is 1. The van der Waals surface area contributed by atoms with Crippen LogP contribution < -0.4 is 10.1 Å². The van der Waals surface area contributed by atoms with E-state index < -0.39 is 30.2 Å². The molecule has 0 aliphatic rings. The van der Waals surface area contributed by atoms with E-state index in [0.717, 1.165) is 6.08 Å². The van der Waals surface area contributed by atoms with Crippen molar-refractivity contribution in [2.24, 2.45) is 0 Å². The van der Waals surface area contributed by atoms with Crippen LogP contribution in [-0.4, -0.2) is 34.3 Å². The van der Waals surface area contributed by atoms with Gasteiger partial charge in [0.15, 0.2) is 6.10 Å². The zero-order chi connectivity index (χ0) is 27.6. The van der Waals surface area contributed by atoms with Crippen LogP contribution in [0.1, 0.15) is 34.9 Å². The van der Waals surface area contributed by atoms with E-state index in [2.05, 4.69) is 5.32 Å². The fourth-order valence-electron chi connectivity index (χ4n) is 4.18. The summed E-state index contributed by atoms with van der Waals surface area (Å²) < 4.78 is 12.1. The summed E-state index contributed by atoms with van der Waals surface area (Å²) in [7, 11) is 0. The highest BCUT2D eigenvalue weighted by Crippen LogP contribution is 2.36. The second-order valence-corrected chi connectivity index (χ2v) is 8.65. The molecule has 0 aliphatic heterocycles. The number of phenols is 1. The van der Waals surface area contributed by atoms with Gasteiger partial charge in [-0.3, -0.25) is 10.1 Å². The number of allylic oxidation sites excluding steroid dienone is 1. The second kappa shape index (κ2) is 12.9. The van der Waals surface area contributed by atoms with E-state index in [9.17, 15) is 19.5 Å². The number of phenolic OH excluding ortho intramolecular Hbond substituents is 1. The number of hydrogen-bond acceptors (Lipinski definition) is 6. The zero-order valence-corrected chi connectivity index (χ0v) is 20.9. The number of aliphatic carboxylic acids is 1. The predicted octanol–water partition coefficient (Wildman–Crippen LogP) is 6.02. The van der Waals surface area contributed by atoms with Crippen LogP contribution in [0.5, 0.6) is 11.5 Å². The lowest BCUT2D eigenvalue weighted by molar-refractivity contribution is -0.131. The summed E-state index contributed by atoms with van der Waals surface area (Å²) in [6.45, 7) is 0. The van der Waals surface area contributed by atoms with Crippen LogP contribution in [0.2, 0.25) is 0 Å². The lowest BCUT2D eigenvalue weighted by Gasteiger charge is -2.29. The molecule has 0 fully saturated rings. The smallest absolute Gasteiger partial charge is 0.414 e. The van der Waals surface area contributed by atoms with Crippen LogP contribution in [-0.2, 0) is 9.53 Å². The van der Waals surface area contributed by atoms with Crippen molar-refractivity contribution in [2.45, 2.75) is 25.0 Å². The summed E-state index contributed by atoms with van der Waals surface area (Å²) in [5.41, 5.74) is 0.839. The van der Waals surface area contributed by atoms with Gasteiger partial charge in [-0.25, -0.2) is 9.59 Å². The highest BCUT2D eigenvalue weighted by Gasteiger charge is 2.31. The molecule has 2 amide bonds. The molecular formula is C31H27NO7. The average molecular weight is 526 g/mol. The molecular weight excluding hydrogens is 498 g/mol. The third-order valence-corrected chi connectivity index (χ3v) is 5.97. The molecule has 0 saturated carbocycles. The highest BCUT2D eigenvalue weighted by molar-refractivity contribution is 6.03. The number of rotatable bonds is 10. The van der Waals surface area contributed by atoms with E-state index in [1.807, 2.05) is 6.07 Å². The van der Waals surface area contributed by atoms with Gasteiger partial charge < -0.3 is 19.7 Å². The summed E-state index contributed by atoms with van der Waals surface area (Å²) in [6.07, 6.45) is 0.330. The molecule has 0 aromatic heterocycles. The number of carbonyl (C=O) groups excluding carboxylic acids is 2. The van der Waals surface area contributed by atoms with Crippen molar-refractivity contribution in [3.63, 3.8) is 0 Å². The van der Waals surface area contributed by atoms with Gasteiger partial charge in [0.05, 0.1) is 0 Å². The van der Waals surface area contributed by atoms with Gasteiger partial charge in [-0.05, 0) is 48.6 Å². The molecule has 0 saturated heterocycles. The Labute approximate surface area is 225 Å². The number of carboxylic acids is 1. The van der Waals surface area contributed by atoms with Gasteiger partial charge in [-0.2, -0.15) is 0 Å². The number of amides is 2. The maximum Gasteiger partial charge on any atom is 0.414 e. The normalized spacial score (nSPS) is 12.5. The third-order valence-electron chi connectivity index (χ3n) is 5.97. The summed E-state index contributed by atoms with van der Waals surface area (Å²) >= 11 is 0. The number of fused-ring (bicyclic) bond motifs is 1. The van der Waals surface area contributed by atoms with Crippen LogP contribution in [0.25, 0.3) is 10.8 Å². The van der Waals surface area contributed by atoms with Crippen molar-refractivity contribution in [2.75, 3.05) is 0 Å². The van der Waals surface area contributed by atoms with Crippen LogP contribution in [0.3, 0.4) is 0 Å². The number of carbonyl (C=O) groups is 3. The van der Waals surface area contributed by atoms with E-state index in [4.69, 9.17) is 14.6 Å². The zero-order valence-electron chi connectivity index (χ0n) is 20.9. The Morgan fingerprint density at radius 2 is 1.46 bits per heavy atom. The first kappa shape index (κ1) is 26.9. The molecule has 0 unspecified atom stereocenters. The molecule has 3 N–H and O–H groups in total. The van der Waals surface area contributed by atoms with Crippen molar-refractivity contribution in [1.82, 2.24) is 5.32 Å². The highest BCUT2D eigenvalue weighted by atomic mass is 16.6. The maximum absolute atomic E-state index is 13.0. The number of carboxylic acid groups (broad SMARTS) is 1. The number of aromatic hydroxyl groups is 1. The molecule has 4 aromatic rings. The average Bonchev–Trinajstić information content (AvgIpc) is 2.95. The van der Waals surface area contributed by atoms with Gasteiger partial charge in [-0.1, -0.05) is 72.8 Å². The van der Waals surface area contributed by atoms with Crippen LogP contribution in [0, 0.1) is 0 Å². The summed E-state index contributed by atoms with van der Waals surface area (Å²) in [5, 5.41) is 22.9. The molecule has 0 radical (unpaired) electrons. The fourth-order valence-corrected chi connectivity index (χ4v) is 4.18. The Morgan fingerprint density at radius 1 is 0.821 bits per heavy atom. The summed E-state index contributed by atoms with van der Waals surface area (Å²) in [5.74, 6) is -1.13. The number of imide groups is 1. The lowest BCUT2D eigenvalue weighted by atomic mass is 9.94. The van der Waals surface area contributed by atoms with Gasteiger partial charge in [0.25, 0.3) is 5.91 Å². The van der Waals surface area contributed by atoms with Gasteiger partial charge >= 0.3 is 12.1 Å². The molecule has 198 valence electrons. The number of hydrogen-bond donors (Lipinski definition) is 3. The first-order chi connectivity index (χ1) is 18.9. The largest absolute Gasteiger partial charge is 0.507 e. The van der Waals surface area contributed by atoms with Crippen molar-refractivity contribution < 1.29 is 34.1 Å². The van der Waals surface area contributed by atoms with Gasteiger partial charge in [0.2, 0.25) is 0 Å². The molecule has 39 heavy (non-hydrogen) atoms. The Kier molecular flexibility index (Phi) is 8.92. The van der Waals surface area contributed by atoms with Crippen molar-refractivity contribution in [3.8, 4) is 11.5 Å². The lowest BCUT2D eigenvalue weighted by Crippen LogP contribution is -2.36. The summed E-state index contributed by atoms with van der Waals surface area (Å²) in [6, 6.07) is 27.5. The van der Waals surface area contributed by atoms with Crippen LogP contribution in [0.15, 0.2) is 109 Å². The molecule has 0 spiro atoms. The van der Waals surface area contributed by atoms with Gasteiger partial charge in [0, 0.05) is 22.6 Å². The Morgan fingerprint density at radius 3 is 2.15 bits per heavy atom. The number of alkyl carbamates (subject to hydrolysis) is 1. The minimum atomic E-state index is -1.08. The number of benzene rings is 4. The topological polar surface area (TPSA) is 122 Å². The third kappa shape index (κ3) is 7.23. The van der Waals surface area contributed by atoms with E-state index in [1.54, 1.807) is 84.9 Å². The first-order valence-electron chi connectivity index (χ1n) is 12.3. The van der Waals surface area contributed by atoms with Crippen molar-refractivity contribution >= 4 is 28.7 Å². The minimum Gasteiger partial charge on any atom is -0.507 e. The number of nitrogens with one attached hydrogen (secondary N) is 1. The molecule has 4 aromatic carbocycles. The Bertz CT molecular complexity index is 1470. The molecule has 0 heterocycles. The fraction of sp³-hybridized carbons (Fsp3) is 0.129. The first-order valence-corrected chi connectivity index (χ1v) is 12.3. The molecule has 0 bridgehead atoms. The predicted molar refractivity (Wildman–Crippen MR) is 146 cm³/mol. The standard InChI is InChI=1S/C31H27NO7/c33-26-20-19-25(23-15-7-8-16-24(23)26)29(39-31(37)32-30(36)21-11-3-1-4-12-21)27(17-9-10-18-28(34)35)38-22-13-5-2-6-14-22/h1-8,10-16,18-20,27,29,33H,9,17H2,(H,34,35)(H,32,36,37)/b18-10+/t27-,29-/m0/s1. The molecule has 4 rings (SSSR count). The minimum absolute atomic E-state index is 0.0572. The van der Waals surface area contributed by atoms with Crippen LogP contribution in [0.4, 0.5) is 4.79 Å². The number of ether oxygens (including phenoxy) is 2. The van der Waals surface area contributed by atoms with Crippen LogP contribution >= 0.6 is 0 Å². The van der Waals surface area contributed by atoms with Gasteiger partial charge in [-0.15, -0.1) is 0 Å². The molecule has 8 nitrogen and oxygen atoms in total. The monoisotopic (exact) mass is 525 g/mol. The molecule has 2 atom stereocenters. The Balaban J connectivity index is 1.71. The maximum atomic E-state index is 13.0. The Hall–Kier alpha value is -5.11. The second-order valence-electron chi connectivity index (χ2n) is 8.65. The van der Waals surface area contributed by atoms with E-state index >= 15 is 0 Å². The summed E-state index contributed by atoms with van der Waals surface area (Å²) in [4.78, 5) is 36.6. The van der Waals surface area contributed by atoms with E-state index in [0.29, 0.717) is 28.5 Å². The van der Waals surface area contributed by atoms with E-state index in [1.165, 1.54) is 12.1 Å². The molecule has 0 aliphatic carbocycles. The van der Waals surface area contributed by atoms with Gasteiger partial charge in [0.1, 0.15) is 17.6 Å². The van der Waals surface area contributed by atoms with E-state index in [-0.39, 0.29) is 17.7 Å². The van der Waals surface area contributed by atoms with Crippen molar-refractivity contribution in [3.05, 3.63) is 120 Å². The quantitative estimate of drug-likeness (QED) is 0.216. The molecule has 8 heteroatoms.